The first-order valence-corrected chi connectivity index (χ1v) is 7.64. The van der Waals surface area contributed by atoms with E-state index < -0.39 is 0 Å². The van der Waals surface area contributed by atoms with Gasteiger partial charge in [-0.2, -0.15) is 0 Å². The van der Waals surface area contributed by atoms with Crippen LogP contribution in [0.5, 0.6) is 0 Å². The Morgan fingerprint density at radius 2 is 2.05 bits per heavy atom. The van der Waals surface area contributed by atoms with Gasteiger partial charge in [0.15, 0.2) is 0 Å². The Morgan fingerprint density at radius 3 is 2.79 bits per heavy atom. The number of rotatable bonds is 5. The van der Waals surface area contributed by atoms with Crippen LogP contribution in [0, 0.1) is 0 Å². The number of likely N-dealkylation sites (tertiary alicyclic amines) is 1. The average molecular weight is 259 g/mol. The van der Waals surface area contributed by atoms with E-state index >= 15 is 0 Å². The molecule has 0 aliphatic carbocycles. The van der Waals surface area contributed by atoms with Crippen LogP contribution in [0.15, 0.2) is 30.3 Å². The first kappa shape index (κ1) is 14.1. The number of aryl methyl sites for hydroxylation is 1. The van der Waals surface area contributed by atoms with Crippen LogP contribution in [-0.4, -0.2) is 23.4 Å². The molecule has 1 heterocycles. The molecule has 1 aromatic carbocycles. The maximum absolute atomic E-state index is 12.4. The SMILES string of the molecule is CCCC1CCCCN1C(=O)CCc1ccccc1. The Morgan fingerprint density at radius 1 is 1.26 bits per heavy atom. The summed E-state index contributed by atoms with van der Waals surface area (Å²) in [6.07, 6.45) is 7.53. The van der Waals surface area contributed by atoms with Gasteiger partial charge in [-0.1, -0.05) is 43.7 Å². The van der Waals surface area contributed by atoms with Crippen molar-refractivity contribution in [2.75, 3.05) is 6.54 Å². The van der Waals surface area contributed by atoms with Crippen LogP contribution in [0.25, 0.3) is 0 Å². The Labute approximate surface area is 116 Å². The fourth-order valence-electron chi connectivity index (χ4n) is 3.00. The van der Waals surface area contributed by atoms with Gasteiger partial charge in [-0.15, -0.1) is 0 Å². The van der Waals surface area contributed by atoms with E-state index in [1.165, 1.54) is 31.2 Å². The van der Waals surface area contributed by atoms with Crippen molar-refractivity contribution >= 4 is 5.91 Å². The first-order chi connectivity index (χ1) is 9.31. The summed E-state index contributed by atoms with van der Waals surface area (Å²) in [5.41, 5.74) is 1.26. The van der Waals surface area contributed by atoms with Gasteiger partial charge in [-0.3, -0.25) is 4.79 Å². The summed E-state index contributed by atoms with van der Waals surface area (Å²) >= 11 is 0. The number of hydrogen-bond acceptors (Lipinski definition) is 1. The normalized spacial score (nSPS) is 19.4. The summed E-state index contributed by atoms with van der Waals surface area (Å²) in [5, 5.41) is 0. The number of benzene rings is 1. The highest BCUT2D eigenvalue weighted by Gasteiger charge is 2.25. The van der Waals surface area contributed by atoms with Crippen molar-refractivity contribution in [3.63, 3.8) is 0 Å². The minimum atomic E-state index is 0.349. The zero-order chi connectivity index (χ0) is 13.5. The molecule has 1 unspecified atom stereocenters. The van der Waals surface area contributed by atoms with Crippen molar-refractivity contribution in [1.29, 1.82) is 0 Å². The Balaban J connectivity index is 1.87. The molecule has 0 radical (unpaired) electrons. The van der Waals surface area contributed by atoms with E-state index in [-0.39, 0.29) is 0 Å². The Hall–Kier alpha value is -1.31. The number of nitrogens with zero attached hydrogens (tertiary/aromatic N) is 1. The van der Waals surface area contributed by atoms with Crippen molar-refractivity contribution in [1.82, 2.24) is 4.90 Å². The molecule has 0 bridgehead atoms. The Kier molecular flexibility index (Phi) is 5.44. The molecule has 0 N–H and O–H groups in total. The van der Waals surface area contributed by atoms with Crippen molar-refractivity contribution in [3.05, 3.63) is 35.9 Å². The predicted octanol–water partition coefficient (Wildman–Crippen LogP) is 3.80. The van der Waals surface area contributed by atoms with Gasteiger partial charge in [0.1, 0.15) is 0 Å². The lowest BCUT2D eigenvalue weighted by atomic mass is 9.97. The van der Waals surface area contributed by atoms with Crippen molar-refractivity contribution in [2.45, 2.75) is 57.9 Å². The van der Waals surface area contributed by atoms with E-state index in [1.807, 2.05) is 18.2 Å². The number of piperidine rings is 1. The molecule has 1 aromatic rings. The molecule has 1 atom stereocenters. The molecule has 104 valence electrons. The van der Waals surface area contributed by atoms with Crippen LogP contribution in [0.4, 0.5) is 0 Å². The third kappa shape index (κ3) is 4.09. The lowest BCUT2D eigenvalue weighted by Gasteiger charge is -2.36. The second-order valence-electron chi connectivity index (χ2n) is 5.51. The van der Waals surface area contributed by atoms with Crippen molar-refractivity contribution in [3.8, 4) is 0 Å². The minimum absolute atomic E-state index is 0.349. The van der Waals surface area contributed by atoms with Gasteiger partial charge in [-0.05, 0) is 37.7 Å². The maximum atomic E-state index is 12.4. The molecular formula is C17H25NO. The molecule has 1 saturated heterocycles. The van der Waals surface area contributed by atoms with E-state index in [1.54, 1.807) is 0 Å². The van der Waals surface area contributed by atoms with Gasteiger partial charge in [0.25, 0.3) is 0 Å². The highest BCUT2D eigenvalue weighted by molar-refractivity contribution is 5.76. The van der Waals surface area contributed by atoms with Crippen LogP contribution in [-0.2, 0) is 11.2 Å². The largest absolute Gasteiger partial charge is 0.340 e. The zero-order valence-electron chi connectivity index (χ0n) is 12.0. The molecular weight excluding hydrogens is 234 g/mol. The maximum Gasteiger partial charge on any atom is 0.223 e. The summed E-state index contributed by atoms with van der Waals surface area (Å²) in [7, 11) is 0. The third-order valence-electron chi connectivity index (χ3n) is 4.04. The molecule has 19 heavy (non-hydrogen) atoms. The molecule has 1 aliphatic heterocycles. The quantitative estimate of drug-likeness (QED) is 0.787. The molecule has 0 aromatic heterocycles. The second-order valence-corrected chi connectivity index (χ2v) is 5.51. The lowest BCUT2D eigenvalue weighted by Crippen LogP contribution is -2.43. The molecule has 1 fully saturated rings. The van der Waals surface area contributed by atoms with E-state index in [0.717, 1.165) is 19.4 Å². The minimum Gasteiger partial charge on any atom is -0.340 e. The smallest absolute Gasteiger partial charge is 0.223 e. The number of carbonyl (C=O) groups is 1. The molecule has 2 rings (SSSR count). The summed E-state index contributed by atoms with van der Waals surface area (Å²) in [4.78, 5) is 14.5. The molecule has 1 aliphatic rings. The van der Waals surface area contributed by atoms with Crippen molar-refractivity contribution < 1.29 is 4.79 Å². The van der Waals surface area contributed by atoms with Crippen LogP contribution >= 0.6 is 0 Å². The monoisotopic (exact) mass is 259 g/mol. The standard InChI is InChI=1S/C17H25NO/c1-2-8-16-11-6-7-14-18(16)17(19)13-12-15-9-4-3-5-10-15/h3-5,9-10,16H,2,6-8,11-14H2,1H3. The fourth-order valence-corrected chi connectivity index (χ4v) is 3.00. The van der Waals surface area contributed by atoms with E-state index in [2.05, 4.69) is 24.0 Å². The van der Waals surface area contributed by atoms with Gasteiger partial charge in [0.05, 0.1) is 0 Å². The van der Waals surface area contributed by atoms with Gasteiger partial charge < -0.3 is 4.90 Å². The van der Waals surface area contributed by atoms with E-state index in [0.29, 0.717) is 18.4 Å². The second kappa shape index (κ2) is 7.32. The van der Waals surface area contributed by atoms with E-state index in [9.17, 15) is 4.79 Å². The van der Waals surface area contributed by atoms with Gasteiger partial charge in [0, 0.05) is 19.0 Å². The fraction of sp³-hybridized carbons (Fsp3) is 0.588. The molecule has 2 heteroatoms. The summed E-state index contributed by atoms with van der Waals surface area (Å²) in [6, 6.07) is 10.8. The van der Waals surface area contributed by atoms with E-state index in [4.69, 9.17) is 0 Å². The molecule has 0 spiro atoms. The highest BCUT2D eigenvalue weighted by Crippen LogP contribution is 2.22. The van der Waals surface area contributed by atoms with Gasteiger partial charge in [0.2, 0.25) is 5.91 Å². The van der Waals surface area contributed by atoms with Gasteiger partial charge >= 0.3 is 0 Å². The number of amides is 1. The Bertz CT molecular complexity index is 386. The van der Waals surface area contributed by atoms with Crippen molar-refractivity contribution in [2.24, 2.45) is 0 Å². The van der Waals surface area contributed by atoms with Crippen LogP contribution in [0.2, 0.25) is 0 Å². The molecule has 2 nitrogen and oxygen atoms in total. The summed E-state index contributed by atoms with van der Waals surface area (Å²) < 4.78 is 0. The number of hydrogen-bond donors (Lipinski definition) is 0. The lowest BCUT2D eigenvalue weighted by molar-refractivity contribution is -0.135. The van der Waals surface area contributed by atoms with Crippen LogP contribution < -0.4 is 0 Å². The first-order valence-electron chi connectivity index (χ1n) is 7.64. The topological polar surface area (TPSA) is 20.3 Å². The van der Waals surface area contributed by atoms with Crippen LogP contribution in [0.3, 0.4) is 0 Å². The summed E-state index contributed by atoms with van der Waals surface area (Å²) in [6.45, 7) is 3.18. The van der Waals surface area contributed by atoms with Crippen LogP contribution in [0.1, 0.15) is 51.0 Å². The number of carbonyl (C=O) groups excluding carboxylic acids is 1. The zero-order valence-corrected chi connectivity index (χ0v) is 12.0. The molecule has 0 saturated carbocycles. The summed E-state index contributed by atoms with van der Waals surface area (Å²) in [5.74, 6) is 0.349. The highest BCUT2D eigenvalue weighted by atomic mass is 16.2. The van der Waals surface area contributed by atoms with Gasteiger partial charge in [-0.25, -0.2) is 0 Å². The third-order valence-corrected chi connectivity index (χ3v) is 4.04. The average Bonchev–Trinajstić information content (AvgIpc) is 2.47. The predicted molar refractivity (Wildman–Crippen MR) is 79.0 cm³/mol. The molecule has 1 amide bonds.